The molecule has 0 saturated heterocycles. The largest absolute Gasteiger partial charge is 0.416 e. The lowest BCUT2D eigenvalue weighted by molar-refractivity contribution is -0.129. The fourth-order valence-electron chi connectivity index (χ4n) is 2.80. The molecule has 4 amide bonds. The van der Waals surface area contributed by atoms with Crippen molar-refractivity contribution in [2.75, 3.05) is 18.1 Å². The Labute approximate surface area is 176 Å². The molecule has 0 bridgehead atoms. The van der Waals surface area contributed by atoms with E-state index in [1.807, 2.05) is 0 Å². The zero-order valence-corrected chi connectivity index (χ0v) is 17.5. The lowest BCUT2D eigenvalue weighted by Crippen LogP contribution is -2.43. The zero-order chi connectivity index (χ0) is 21.8. The SMILES string of the molecule is CC1=NC(=O)N(C)C(=O)C1CCc1nnc(SCC(=O)Nc2ccc(C)c(F)c2)o1. The number of aliphatic imine (C=N–C) groups is 1. The molecule has 1 aromatic carbocycles. The van der Waals surface area contributed by atoms with E-state index in [1.165, 1.54) is 13.1 Å². The number of benzene rings is 1. The molecule has 1 atom stereocenters. The molecule has 0 fully saturated rings. The number of thioether (sulfide) groups is 1. The van der Waals surface area contributed by atoms with Gasteiger partial charge in [-0.25, -0.2) is 14.2 Å². The minimum atomic E-state index is -0.572. The monoisotopic (exact) mass is 433 g/mol. The molecule has 1 aliphatic rings. The Bertz CT molecular complexity index is 1020. The van der Waals surface area contributed by atoms with Crippen molar-refractivity contribution in [3.8, 4) is 0 Å². The first-order chi connectivity index (χ1) is 14.2. The van der Waals surface area contributed by atoms with Gasteiger partial charge in [0.05, 0.1) is 11.7 Å². The van der Waals surface area contributed by atoms with Crippen LogP contribution in [0.25, 0.3) is 0 Å². The molecular formula is C19H20FN5O4S. The minimum absolute atomic E-state index is 0.0108. The summed E-state index contributed by atoms with van der Waals surface area (Å²) < 4.78 is 19.0. The van der Waals surface area contributed by atoms with Crippen molar-refractivity contribution in [1.29, 1.82) is 0 Å². The van der Waals surface area contributed by atoms with Crippen LogP contribution < -0.4 is 5.32 Å². The number of nitrogens with one attached hydrogen (secondary N) is 1. The van der Waals surface area contributed by atoms with Gasteiger partial charge in [0.15, 0.2) is 0 Å². The molecule has 3 rings (SSSR count). The summed E-state index contributed by atoms with van der Waals surface area (Å²) in [5.41, 5.74) is 1.32. The highest BCUT2D eigenvalue weighted by Gasteiger charge is 2.33. The average Bonchev–Trinajstić information content (AvgIpc) is 3.15. The van der Waals surface area contributed by atoms with E-state index in [4.69, 9.17) is 4.42 Å². The van der Waals surface area contributed by atoms with Crippen LogP contribution in [0.2, 0.25) is 0 Å². The molecule has 11 heteroatoms. The predicted octanol–water partition coefficient (Wildman–Crippen LogP) is 2.85. The molecule has 30 heavy (non-hydrogen) atoms. The Morgan fingerprint density at radius 2 is 2.07 bits per heavy atom. The quantitative estimate of drug-likeness (QED) is 0.667. The number of carbonyl (C=O) groups excluding carboxylic acids is 3. The van der Waals surface area contributed by atoms with E-state index in [1.54, 1.807) is 26.0 Å². The van der Waals surface area contributed by atoms with E-state index in [-0.39, 0.29) is 22.8 Å². The molecule has 2 aromatic rings. The van der Waals surface area contributed by atoms with Crippen LogP contribution in [0, 0.1) is 18.7 Å². The second-order valence-electron chi connectivity index (χ2n) is 6.79. The van der Waals surface area contributed by atoms with Crippen molar-refractivity contribution in [2.45, 2.75) is 31.9 Å². The van der Waals surface area contributed by atoms with Crippen LogP contribution in [-0.4, -0.2) is 51.5 Å². The topological polar surface area (TPSA) is 118 Å². The molecule has 0 radical (unpaired) electrons. The number of carbonyl (C=O) groups is 3. The molecule has 1 N–H and O–H groups in total. The van der Waals surface area contributed by atoms with E-state index in [0.29, 0.717) is 35.7 Å². The fourth-order valence-corrected chi connectivity index (χ4v) is 3.38. The first kappa shape index (κ1) is 21.6. The number of urea groups is 1. The van der Waals surface area contributed by atoms with Crippen LogP contribution >= 0.6 is 11.8 Å². The van der Waals surface area contributed by atoms with Gasteiger partial charge in [-0.2, -0.15) is 0 Å². The van der Waals surface area contributed by atoms with Gasteiger partial charge in [-0.15, -0.1) is 10.2 Å². The van der Waals surface area contributed by atoms with E-state index < -0.39 is 17.8 Å². The summed E-state index contributed by atoms with van der Waals surface area (Å²) in [6, 6.07) is 3.89. The Morgan fingerprint density at radius 3 is 2.80 bits per heavy atom. The average molecular weight is 433 g/mol. The number of hydrogen-bond acceptors (Lipinski definition) is 7. The summed E-state index contributed by atoms with van der Waals surface area (Å²) in [6.07, 6.45) is 0.700. The smallest absolute Gasteiger partial charge is 0.349 e. The number of amides is 4. The first-order valence-electron chi connectivity index (χ1n) is 9.12. The molecule has 2 heterocycles. The third kappa shape index (κ3) is 5.09. The lowest BCUT2D eigenvalue weighted by Gasteiger charge is -2.25. The second-order valence-corrected chi connectivity index (χ2v) is 7.71. The normalized spacial score (nSPS) is 16.6. The van der Waals surface area contributed by atoms with E-state index in [0.717, 1.165) is 16.7 Å². The van der Waals surface area contributed by atoms with Crippen LogP contribution in [-0.2, 0) is 16.0 Å². The van der Waals surface area contributed by atoms with Crippen LogP contribution in [0.1, 0.15) is 24.8 Å². The molecule has 0 spiro atoms. The number of aryl methyl sites for hydroxylation is 2. The summed E-state index contributed by atoms with van der Waals surface area (Å²) in [4.78, 5) is 40.6. The molecule has 1 aliphatic heterocycles. The maximum absolute atomic E-state index is 13.5. The van der Waals surface area contributed by atoms with Gasteiger partial charge in [0.1, 0.15) is 5.82 Å². The number of anilines is 1. The van der Waals surface area contributed by atoms with Crippen molar-refractivity contribution in [1.82, 2.24) is 15.1 Å². The minimum Gasteiger partial charge on any atom is -0.416 e. The van der Waals surface area contributed by atoms with Crippen molar-refractivity contribution < 1.29 is 23.2 Å². The molecule has 0 aliphatic carbocycles. The van der Waals surface area contributed by atoms with Crippen molar-refractivity contribution >= 4 is 41.0 Å². The Balaban J connectivity index is 1.50. The number of aromatic nitrogens is 2. The van der Waals surface area contributed by atoms with Gasteiger partial charge in [-0.05, 0) is 38.0 Å². The van der Waals surface area contributed by atoms with E-state index in [9.17, 15) is 18.8 Å². The molecular weight excluding hydrogens is 413 g/mol. The van der Waals surface area contributed by atoms with Gasteiger partial charge >= 0.3 is 6.03 Å². The maximum atomic E-state index is 13.5. The van der Waals surface area contributed by atoms with Crippen LogP contribution in [0.3, 0.4) is 0 Å². The summed E-state index contributed by atoms with van der Waals surface area (Å²) in [7, 11) is 1.39. The lowest BCUT2D eigenvalue weighted by atomic mass is 9.95. The van der Waals surface area contributed by atoms with Gasteiger partial charge in [0.25, 0.3) is 5.22 Å². The van der Waals surface area contributed by atoms with Gasteiger partial charge < -0.3 is 9.73 Å². The molecule has 1 aromatic heterocycles. The fraction of sp³-hybridized carbons (Fsp3) is 0.368. The molecule has 1 unspecified atom stereocenters. The molecule has 158 valence electrons. The van der Waals surface area contributed by atoms with Crippen LogP contribution in [0.5, 0.6) is 0 Å². The molecule has 9 nitrogen and oxygen atoms in total. The number of rotatable bonds is 7. The van der Waals surface area contributed by atoms with Gasteiger partial charge in [-0.3, -0.25) is 14.5 Å². The van der Waals surface area contributed by atoms with Crippen LogP contribution in [0.15, 0.2) is 32.8 Å². The maximum Gasteiger partial charge on any atom is 0.349 e. The number of hydrogen-bond donors (Lipinski definition) is 1. The first-order valence-corrected chi connectivity index (χ1v) is 10.1. The Kier molecular flexibility index (Phi) is 6.60. The summed E-state index contributed by atoms with van der Waals surface area (Å²) in [5, 5.41) is 10.6. The highest BCUT2D eigenvalue weighted by molar-refractivity contribution is 7.99. The van der Waals surface area contributed by atoms with Gasteiger partial charge in [0.2, 0.25) is 17.7 Å². The number of nitrogens with zero attached hydrogens (tertiary/aromatic N) is 4. The van der Waals surface area contributed by atoms with Crippen molar-refractivity contribution in [3.63, 3.8) is 0 Å². The second kappa shape index (κ2) is 9.16. The number of imide groups is 1. The highest BCUT2D eigenvalue weighted by Crippen LogP contribution is 2.21. The van der Waals surface area contributed by atoms with Gasteiger partial charge in [-0.1, -0.05) is 17.8 Å². The third-order valence-corrected chi connectivity index (χ3v) is 5.39. The highest BCUT2D eigenvalue weighted by atomic mass is 32.2. The Hall–Kier alpha value is -3.08. The molecule has 0 saturated carbocycles. The van der Waals surface area contributed by atoms with Gasteiger partial charge in [0, 0.05) is 24.9 Å². The number of halogens is 1. The summed E-state index contributed by atoms with van der Waals surface area (Å²) in [5.74, 6) is -1.23. The zero-order valence-electron chi connectivity index (χ0n) is 16.6. The summed E-state index contributed by atoms with van der Waals surface area (Å²) in [6.45, 7) is 3.28. The van der Waals surface area contributed by atoms with Crippen molar-refractivity contribution in [3.05, 3.63) is 35.5 Å². The van der Waals surface area contributed by atoms with E-state index in [2.05, 4.69) is 20.5 Å². The Morgan fingerprint density at radius 1 is 1.30 bits per heavy atom. The van der Waals surface area contributed by atoms with Crippen LogP contribution in [0.4, 0.5) is 14.9 Å². The van der Waals surface area contributed by atoms with Crippen molar-refractivity contribution in [2.24, 2.45) is 10.9 Å². The van der Waals surface area contributed by atoms with E-state index >= 15 is 0 Å². The standard InChI is InChI=1S/C19H20FN5O4S/c1-10-4-5-12(8-14(10)20)22-15(26)9-30-19-24-23-16(29-19)7-6-13-11(2)21-18(28)25(3)17(13)27/h4-5,8,13H,6-7,9H2,1-3H3,(H,22,26). The third-order valence-electron chi connectivity index (χ3n) is 4.57. The summed E-state index contributed by atoms with van der Waals surface area (Å²) >= 11 is 1.05. The predicted molar refractivity (Wildman–Crippen MR) is 108 cm³/mol.